The van der Waals surface area contributed by atoms with Crippen molar-refractivity contribution in [2.45, 2.75) is 24.7 Å². The molecule has 2 aromatic rings. The van der Waals surface area contributed by atoms with Gasteiger partial charge in [-0.1, -0.05) is 0 Å². The minimum Gasteiger partial charge on any atom is -0.367 e. The predicted molar refractivity (Wildman–Crippen MR) is 54.3 cm³/mol. The largest absolute Gasteiger partial charge is 0.367 e. The quantitative estimate of drug-likeness (QED) is 0.872. The maximum atomic E-state index is 13.6. The number of halogens is 3. The standard InChI is InChI=1S/C10H9F3N4/c11-5-3-7(10(1-2-10)8(12)13)17-6(5)4-15-9(14)16-17/h3-4,8H,1-2H2,(H2,14,16). The number of nitrogen functional groups attached to an aromatic ring is 1. The molecule has 1 aliphatic carbocycles. The highest BCUT2D eigenvalue weighted by Gasteiger charge is 2.54. The molecule has 7 heteroatoms. The molecule has 1 fully saturated rings. The molecule has 0 aromatic carbocycles. The molecule has 1 aliphatic rings. The summed E-state index contributed by atoms with van der Waals surface area (Å²) in [5.74, 6) is -0.675. The molecule has 0 aliphatic heterocycles. The number of nitrogens with two attached hydrogens (primary N) is 1. The maximum absolute atomic E-state index is 13.6. The summed E-state index contributed by atoms with van der Waals surface area (Å²) >= 11 is 0. The molecule has 0 amide bonds. The van der Waals surface area contributed by atoms with E-state index in [9.17, 15) is 13.2 Å². The second-order valence-electron chi connectivity index (χ2n) is 4.25. The van der Waals surface area contributed by atoms with Crippen LogP contribution >= 0.6 is 0 Å². The second-order valence-corrected chi connectivity index (χ2v) is 4.25. The minimum absolute atomic E-state index is 0.0700. The maximum Gasteiger partial charge on any atom is 0.249 e. The Morgan fingerprint density at radius 1 is 1.41 bits per heavy atom. The third-order valence-corrected chi connectivity index (χ3v) is 3.20. The molecule has 4 nitrogen and oxygen atoms in total. The van der Waals surface area contributed by atoms with Gasteiger partial charge in [0.2, 0.25) is 12.4 Å². The first-order valence-corrected chi connectivity index (χ1v) is 5.13. The second kappa shape index (κ2) is 3.12. The van der Waals surface area contributed by atoms with Gasteiger partial charge in [-0.15, -0.1) is 5.10 Å². The third kappa shape index (κ3) is 1.31. The van der Waals surface area contributed by atoms with Gasteiger partial charge >= 0.3 is 0 Å². The highest BCUT2D eigenvalue weighted by Crippen LogP contribution is 2.53. The molecule has 0 spiro atoms. The number of rotatable bonds is 2. The van der Waals surface area contributed by atoms with Crippen LogP contribution in [0, 0.1) is 5.82 Å². The first-order valence-electron chi connectivity index (χ1n) is 5.13. The SMILES string of the molecule is Nc1ncc2c(F)cc(C3(C(F)F)CC3)n2n1. The van der Waals surface area contributed by atoms with Gasteiger partial charge in [0.05, 0.1) is 17.3 Å². The van der Waals surface area contributed by atoms with Crippen molar-refractivity contribution in [3.63, 3.8) is 0 Å². The van der Waals surface area contributed by atoms with Crippen molar-refractivity contribution < 1.29 is 13.2 Å². The van der Waals surface area contributed by atoms with Gasteiger partial charge in [0, 0.05) is 0 Å². The lowest BCUT2D eigenvalue weighted by Gasteiger charge is -2.13. The van der Waals surface area contributed by atoms with Crippen LogP contribution < -0.4 is 5.73 Å². The lowest BCUT2D eigenvalue weighted by Crippen LogP contribution is -2.20. The van der Waals surface area contributed by atoms with E-state index >= 15 is 0 Å². The first kappa shape index (κ1) is 10.4. The van der Waals surface area contributed by atoms with Crippen LogP contribution in [0.2, 0.25) is 0 Å². The molecule has 0 saturated heterocycles. The first-order chi connectivity index (χ1) is 8.04. The zero-order valence-electron chi connectivity index (χ0n) is 8.70. The van der Waals surface area contributed by atoms with Crippen molar-refractivity contribution in [2.24, 2.45) is 0 Å². The molecule has 0 atom stereocenters. The average molecular weight is 242 g/mol. The van der Waals surface area contributed by atoms with Crippen molar-refractivity contribution in [3.8, 4) is 0 Å². The number of fused-ring (bicyclic) bond motifs is 1. The third-order valence-electron chi connectivity index (χ3n) is 3.20. The van der Waals surface area contributed by atoms with E-state index < -0.39 is 17.7 Å². The van der Waals surface area contributed by atoms with Gasteiger partial charge in [-0.25, -0.2) is 22.7 Å². The molecule has 2 aromatic heterocycles. The summed E-state index contributed by atoms with van der Waals surface area (Å²) in [5.41, 5.74) is 4.36. The Morgan fingerprint density at radius 2 is 2.12 bits per heavy atom. The summed E-state index contributed by atoms with van der Waals surface area (Å²) in [6.07, 6.45) is -0.667. The van der Waals surface area contributed by atoms with Gasteiger partial charge < -0.3 is 5.73 Å². The van der Waals surface area contributed by atoms with Crippen LogP contribution in [0.15, 0.2) is 12.3 Å². The van der Waals surface area contributed by atoms with Crippen LogP contribution in [-0.2, 0) is 5.41 Å². The van der Waals surface area contributed by atoms with E-state index in [4.69, 9.17) is 5.73 Å². The Kier molecular flexibility index (Phi) is 1.90. The lowest BCUT2D eigenvalue weighted by atomic mass is 10.0. The Hall–Kier alpha value is -1.79. The molecule has 2 N–H and O–H groups in total. The van der Waals surface area contributed by atoms with Gasteiger partial charge in [0.15, 0.2) is 5.82 Å². The summed E-state index contributed by atoms with van der Waals surface area (Å²) in [7, 11) is 0. The number of anilines is 1. The van der Waals surface area contributed by atoms with Crippen LogP contribution in [0.3, 0.4) is 0 Å². The van der Waals surface area contributed by atoms with Gasteiger partial charge in [-0.05, 0) is 18.9 Å². The van der Waals surface area contributed by atoms with Crippen molar-refractivity contribution in [1.82, 2.24) is 14.6 Å². The fraction of sp³-hybridized carbons (Fsp3) is 0.400. The number of alkyl halides is 2. The monoisotopic (exact) mass is 242 g/mol. The van der Waals surface area contributed by atoms with E-state index in [2.05, 4.69) is 10.1 Å². The predicted octanol–water partition coefficient (Wildman–Crippen LogP) is 1.75. The van der Waals surface area contributed by atoms with Gasteiger partial charge in [-0.2, -0.15) is 0 Å². The topological polar surface area (TPSA) is 56.2 Å². The van der Waals surface area contributed by atoms with E-state index in [0.29, 0.717) is 12.8 Å². The summed E-state index contributed by atoms with van der Waals surface area (Å²) in [6, 6.07) is 1.10. The minimum atomic E-state index is -2.53. The van der Waals surface area contributed by atoms with Crippen molar-refractivity contribution in [3.05, 3.63) is 23.8 Å². The smallest absolute Gasteiger partial charge is 0.249 e. The Labute approximate surface area is 94.2 Å². The van der Waals surface area contributed by atoms with Crippen LogP contribution in [-0.4, -0.2) is 21.0 Å². The molecule has 1 saturated carbocycles. The highest BCUT2D eigenvalue weighted by atomic mass is 19.3. The average Bonchev–Trinajstić information content (AvgIpc) is 3.01. The summed E-state index contributed by atoms with van der Waals surface area (Å²) < 4.78 is 40.7. The highest BCUT2D eigenvalue weighted by molar-refractivity contribution is 5.51. The lowest BCUT2D eigenvalue weighted by molar-refractivity contribution is 0.0989. The zero-order valence-corrected chi connectivity index (χ0v) is 8.70. The Morgan fingerprint density at radius 3 is 2.71 bits per heavy atom. The summed E-state index contributed by atoms with van der Waals surface area (Å²) in [4.78, 5) is 3.65. The molecule has 17 heavy (non-hydrogen) atoms. The van der Waals surface area contributed by atoms with E-state index in [0.717, 1.165) is 10.6 Å². The zero-order chi connectivity index (χ0) is 12.2. The molecular formula is C10H9F3N4. The number of aromatic nitrogens is 3. The van der Waals surface area contributed by atoms with Crippen molar-refractivity contribution in [2.75, 3.05) is 5.73 Å². The van der Waals surface area contributed by atoms with Crippen LogP contribution in [0.1, 0.15) is 18.5 Å². The van der Waals surface area contributed by atoms with E-state index in [1.54, 1.807) is 0 Å². The van der Waals surface area contributed by atoms with Crippen LogP contribution in [0.5, 0.6) is 0 Å². The molecule has 2 heterocycles. The number of hydrogen-bond acceptors (Lipinski definition) is 3. The normalized spacial score (nSPS) is 17.9. The Bertz CT molecular complexity index is 588. The Balaban J connectivity index is 2.27. The van der Waals surface area contributed by atoms with Gasteiger partial charge in [-0.3, -0.25) is 0 Å². The van der Waals surface area contributed by atoms with Gasteiger partial charge in [0.1, 0.15) is 5.52 Å². The fourth-order valence-corrected chi connectivity index (χ4v) is 2.04. The van der Waals surface area contributed by atoms with E-state index in [-0.39, 0.29) is 17.2 Å². The van der Waals surface area contributed by atoms with E-state index in [1.807, 2.05) is 0 Å². The summed E-state index contributed by atoms with van der Waals surface area (Å²) in [6.45, 7) is 0. The summed E-state index contributed by atoms with van der Waals surface area (Å²) in [5, 5.41) is 3.80. The molecule has 0 radical (unpaired) electrons. The molecule has 90 valence electrons. The van der Waals surface area contributed by atoms with Gasteiger partial charge in [0.25, 0.3) is 0 Å². The fourth-order valence-electron chi connectivity index (χ4n) is 2.04. The molecule has 0 unspecified atom stereocenters. The van der Waals surface area contributed by atoms with Crippen molar-refractivity contribution in [1.29, 1.82) is 0 Å². The van der Waals surface area contributed by atoms with E-state index in [1.165, 1.54) is 6.20 Å². The molecule has 0 bridgehead atoms. The van der Waals surface area contributed by atoms with Crippen LogP contribution in [0.4, 0.5) is 19.1 Å². The van der Waals surface area contributed by atoms with Crippen molar-refractivity contribution >= 4 is 11.5 Å². The molecular weight excluding hydrogens is 233 g/mol. The molecule has 3 rings (SSSR count). The number of nitrogens with zero attached hydrogens (tertiary/aromatic N) is 3. The number of hydrogen-bond donors (Lipinski definition) is 1. The van der Waals surface area contributed by atoms with Crippen LogP contribution in [0.25, 0.3) is 5.52 Å².